The number of carbonyl (C=O) groups excluding carboxylic acids is 2. The van der Waals surface area contributed by atoms with Crippen molar-refractivity contribution in [2.45, 2.75) is 62.1 Å². The van der Waals surface area contributed by atoms with Crippen molar-refractivity contribution in [2.24, 2.45) is 0 Å². The van der Waals surface area contributed by atoms with Crippen molar-refractivity contribution < 1.29 is 28.2 Å². The molecule has 0 radical (unpaired) electrons. The summed E-state index contributed by atoms with van der Waals surface area (Å²) >= 11 is 0. The molecule has 2 bridgehead atoms. The SMILES string of the molecule is O=C1COC[C@@]2(CCCN3C(=O)COc4cccc(F)c4C4CCC(CC4)OC[C@H]32)N1. The maximum absolute atomic E-state index is 14.7. The van der Waals surface area contributed by atoms with E-state index in [1.165, 1.54) is 6.07 Å². The first kappa shape index (κ1) is 20.7. The Balaban J connectivity index is 1.47. The van der Waals surface area contributed by atoms with Gasteiger partial charge < -0.3 is 24.4 Å². The number of benzene rings is 1. The molecule has 31 heavy (non-hydrogen) atoms. The molecule has 1 saturated carbocycles. The standard InChI is InChI=1S/C23H29FN2O5/c24-17-3-1-4-18-22(17)15-5-7-16(8-6-15)30-11-19-23(14-29-12-20(27)25-23)9-2-10-26(19)21(28)13-31-18/h1,3-4,15-16,19H,2,5-14H2,(H,25,27)/t15?,16?,19-,23+/m0/s1. The van der Waals surface area contributed by atoms with Crippen LogP contribution in [0.3, 0.4) is 0 Å². The van der Waals surface area contributed by atoms with Gasteiger partial charge in [-0.25, -0.2) is 4.39 Å². The Bertz CT molecular complexity index is 852. The third-order valence-electron chi connectivity index (χ3n) is 7.27. The van der Waals surface area contributed by atoms with Gasteiger partial charge in [0.15, 0.2) is 6.61 Å². The third kappa shape index (κ3) is 3.91. The van der Waals surface area contributed by atoms with E-state index in [-0.39, 0.29) is 48.9 Å². The Morgan fingerprint density at radius 3 is 2.77 bits per heavy atom. The highest BCUT2D eigenvalue weighted by atomic mass is 19.1. The quantitative estimate of drug-likeness (QED) is 0.680. The molecule has 5 aliphatic rings. The van der Waals surface area contributed by atoms with Crippen molar-refractivity contribution >= 4 is 11.8 Å². The molecule has 4 aliphatic heterocycles. The maximum atomic E-state index is 14.7. The maximum Gasteiger partial charge on any atom is 0.260 e. The summed E-state index contributed by atoms with van der Waals surface area (Å²) in [6.45, 7) is 1.13. The van der Waals surface area contributed by atoms with Crippen LogP contribution in [-0.4, -0.2) is 67.4 Å². The molecule has 3 fully saturated rings. The molecule has 0 aromatic heterocycles. The zero-order valence-electron chi connectivity index (χ0n) is 17.6. The van der Waals surface area contributed by atoms with Crippen molar-refractivity contribution in [3.8, 4) is 5.75 Å². The second-order valence-corrected chi connectivity index (χ2v) is 9.15. The number of piperidine rings is 1. The minimum atomic E-state index is -0.648. The van der Waals surface area contributed by atoms with Gasteiger partial charge in [0, 0.05) is 12.1 Å². The van der Waals surface area contributed by atoms with Gasteiger partial charge in [0.05, 0.1) is 30.9 Å². The Morgan fingerprint density at radius 1 is 1.13 bits per heavy atom. The number of morpholine rings is 1. The van der Waals surface area contributed by atoms with Crippen LogP contribution in [-0.2, 0) is 19.1 Å². The highest BCUT2D eigenvalue weighted by Gasteiger charge is 2.49. The first-order chi connectivity index (χ1) is 15.1. The molecule has 168 valence electrons. The molecule has 4 heterocycles. The number of hydrogen-bond acceptors (Lipinski definition) is 5. The van der Waals surface area contributed by atoms with Crippen LogP contribution in [0.15, 0.2) is 18.2 Å². The lowest BCUT2D eigenvalue weighted by Crippen LogP contribution is -2.72. The highest BCUT2D eigenvalue weighted by molar-refractivity contribution is 5.81. The number of hydrogen-bond donors (Lipinski definition) is 1. The van der Waals surface area contributed by atoms with Crippen LogP contribution in [0.25, 0.3) is 0 Å². The van der Waals surface area contributed by atoms with Crippen LogP contribution in [0.1, 0.15) is 50.0 Å². The molecule has 1 N–H and O–H groups in total. The minimum absolute atomic E-state index is 0.0404. The van der Waals surface area contributed by atoms with E-state index in [1.54, 1.807) is 17.0 Å². The van der Waals surface area contributed by atoms with Crippen molar-refractivity contribution in [1.29, 1.82) is 0 Å². The zero-order chi connectivity index (χ0) is 21.4. The van der Waals surface area contributed by atoms with Gasteiger partial charge in [-0.3, -0.25) is 9.59 Å². The van der Waals surface area contributed by atoms with Crippen molar-refractivity contribution in [1.82, 2.24) is 10.2 Å². The normalized spacial score (nSPS) is 34.0. The van der Waals surface area contributed by atoms with Crippen LogP contribution in [0, 0.1) is 5.82 Å². The fourth-order valence-electron chi connectivity index (χ4n) is 5.73. The van der Waals surface area contributed by atoms with Gasteiger partial charge in [-0.15, -0.1) is 0 Å². The van der Waals surface area contributed by atoms with Gasteiger partial charge in [-0.05, 0) is 56.6 Å². The number of ether oxygens (including phenoxy) is 3. The number of halogens is 1. The molecule has 7 nitrogen and oxygen atoms in total. The van der Waals surface area contributed by atoms with Gasteiger partial charge in [-0.1, -0.05) is 6.07 Å². The van der Waals surface area contributed by atoms with E-state index in [0.717, 1.165) is 38.5 Å². The van der Waals surface area contributed by atoms with Gasteiger partial charge in [-0.2, -0.15) is 0 Å². The molecule has 1 aliphatic carbocycles. The molecular formula is C23H29FN2O5. The lowest BCUT2D eigenvalue weighted by Gasteiger charge is -2.51. The Hall–Kier alpha value is -2.19. The third-order valence-corrected chi connectivity index (χ3v) is 7.27. The summed E-state index contributed by atoms with van der Waals surface area (Å²) in [7, 11) is 0. The summed E-state index contributed by atoms with van der Waals surface area (Å²) < 4.78 is 32.5. The Kier molecular flexibility index (Phi) is 5.60. The fraction of sp³-hybridized carbons (Fsp3) is 0.652. The molecule has 2 saturated heterocycles. The van der Waals surface area contributed by atoms with Crippen LogP contribution in [0.4, 0.5) is 4.39 Å². The Labute approximate surface area is 181 Å². The summed E-state index contributed by atoms with van der Waals surface area (Å²) in [5.41, 5.74) is -0.0717. The number of nitrogens with one attached hydrogen (secondary N) is 1. The molecule has 1 aromatic carbocycles. The molecule has 1 spiro atoms. The lowest BCUT2D eigenvalue weighted by molar-refractivity contribution is -0.156. The zero-order valence-corrected chi connectivity index (χ0v) is 17.6. The first-order valence-corrected chi connectivity index (χ1v) is 11.3. The van der Waals surface area contributed by atoms with Crippen LogP contribution in [0.2, 0.25) is 0 Å². The number of rotatable bonds is 0. The van der Waals surface area contributed by atoms with Gasteiger partial charge in [0.1, 0.15) is 18.2 Å². The average molecular weight is 432 g/mol. The van der Waals surface area contributed by atoms with Crippen LogP contribution in [0.5, 0.6) is 5.75 Å². The molecule has 2 amide bonds. The summed E-state index contributed by atoms with van der Waals surface area (Å²) in [6.07, 6.45) is 4.83. The van der Waals surface area contributed by atoms with Crippen LogP contribution < -0.4 is 10.1 Å². The second-order valence-electron chi connectivity index (χ2n) is 9.15. The van der Waals surface area contributed by atoms with E-state index in [9.17, 15) is 14.0 Å². The first-order valence-electron chi connectivity index (χ1n) is 11.3. The Morgan fingerprint density at radius 2 is 1.97 bits per heavy atom. The predicted octanol–water partition coefficient (Wildman–Crippen LogP) is 2.14. The number of amides is 2. The number of nitrogens with zero attached hydrogens (tertiary/aromatic N) is 1. The van der Waals surface area contributed by atoms with E-state index in [4.69, 9.17) is 14.2 Å². The minimum Gasteiger partial charge on any atom is -0.483 e. The largest absolute Gasteiger partial charge is 0.483 e. The second kappa shape index (κ2) is 8.39. The van der Waals surface area contributed by atoms with E-state index in [0.29, 0.717) is 31.1 Å². The lowest BCUT2D eigenvalue weighted by atomic mass is 9.80. The molecule has 1 aromatic rings. The van der Waals surface area contributed by atoms with Gasteiger partial charge in [0.25, 0.3) is 5.91 Å². The monoisotopic (exact) mass is 432 g/mol. The molecule has 0 unspecified atom stereocenters. The van der Waals surface area contributed by atoms with Gasteiger partial charge >= 0.3 is 0 Å². The predicted molar refractivity (Wildman–Crippen MR) is 109 cm³/mol. The van der Waals surface area contributed by atoms with Crippen LogP contribution >= 0.6 is 0 Å². The van der Waals surface area contributed by atoms with E-state index in [1.807, 2.05) is 0 Å². The summed E-state index contributed by atoms with van der Waals surface area (Å²) in [5, 5.41) is 3.11. The highest BCUT2D eigenvalue weighted by Crippen LogP contribution is 2.41. The van der Waals surface area contributed by atoms with Crippen molar-refractivity contribution in [3.05, 3.63) is 29.6 Å². The molecule has 2 atom stereocenters. The van der Waals surface area contributed by atoms with Gasteiger partial charge in [0.2, 0.25) is 5.91 Å². The molecule has 6 rings (SSSR count). The summed E-state index contributed by atoms with van der Waals surface area (Å²) in [6, 6.07) is 4.50. The summed E-state index contributed by atoms with van der Waals surface area (Å²) in [5.74, 6) is -0.110. The van der Waals surface area contributed by atoms with E-state index in [2.05, 4.69) is 5.32 Å². The number of carbonyl (C=O) groups is 2. The molecule has 8 heteroatoms. The number of fused-ring (bicyclic) bond motifs is 5. The van der Waals surface area contributed by atoms with Crippen molar-refractivity contribution in [3.63, 3.8) is 0 Å². The van der Waals surface area contributed by atoms with E-state index < -0.39 is 5.54 Å². The molecular weight excluding hydrogens is 403 g/mol. The average Bonchev–Trinajstić information content (AvgIpc) is 2.78. The topological polar surface area (TPSA) is 77.1 Å². The smallest absolute Gasteiger partial charge is 0.260 e. The summed E-state index contributed by atoms with van der Waals surface area (Å²) in [4.78, 5) is 27.2. The fourth-order valence-corrected chi connectivity index (χ4v) is 5.73. The van der Waals surface area contributed by atoms with Crippen molar-refractivity contribution in [2.75, 3.05) is 33.0 Å². The van der Waals surface area contributed by atoms with E-state index >= 15 is 0 Å².